The van der Waals surface area contributed by atoms with E-state index in [1.807, 2.05) is 0 Å². The molecule has 1 heterocycles. The van der Waals surface area contributed by atoms with E-state index in [1.165, 1.54) is 12.1 Å². The van der Waals surface area contributed by atoms with E-state index in [2.05, 4.69) is 6.07 Å². The molecule has 0 radical (unpaired) electrons. The molecule has 0 bridgehead atoms. The lowest BCUT2D eigenvalue weighted by molar-refractivity contribution is 0.388. The molecule has 110 valence electrons. The van der Waals surface area contributed by atoms with E-state index in [9.17, 15) is 10.4 Å². The zero-order chi connectivity index (χ0) is 15.9. The molecule has 0 aliphatic carbocycles. The molecular formula is C16H10Cl2N2O2. The van der Waals surface area contributed by atoms with Crippen LogP contribution in [0.1, 0.15) is 17.0 Å². The highest BCUT2D eigenvalue weighted by molar-refractivity contribution is 6.35. The van der Waals surface area contributed by atoms with Gasteiger partial charge < -0.3 is 15.6 Å². The second-order valence-corrected chi connectivity index (χ2v) is 5.66. The number of nitrogens with zero attached hydrogens (tertiary/aromatic N) is 1. The Balaban J connectivity index is 2.26. The van der Waals surface area contributed by atoms with Crippen LogP contribution in [0.3, 0.4) is 0 Å². The molecule has 0 unspecified atom stereocenters. The number of nitrogens with two attached hydrogens (primary N) is 1. The molecule has 3 N–H and O–H groups in total. The average molecular weight is 333 g/mol. The number of fused-ring (bicyclic) bond motifs is 1. The van der Waals surface area contributed by atoms with Gasteiger partial charge in [-0.2, -0.15) is 5.26 Å². The molecule has 0 saturated carbocycles. The number of phenols is 1. The van der Waals surface area contributed by atoms with E-state index < -0.39 is 5.92 Å². The normalized spacial score (nSPS) is 16.7. The van der Waals surface area contributed by atoms with Gasteiger partial charge in [0.1, 0.15) is 23.1 Å². The average Bonchev–Trinajstić information content (AvgIpc) is 2.46. The first-order chi connectivity index (χ1) is 10.5. The van der Waals surface area contributed by atoms with Gasteiger partial charge in [0.05, 0.1) is 5.92 Å². The van der Waals surface area contributed by atoms with Crippen molar-refractivity contribution in [2.45, 2.75) is 5.92 Å². The third kappa shape index (κ3) is 2.35. The second kappa shape index (κ2) is 5.45. The molecule has 1 aliphatic heterocycles. The zero-order valence-electron chi connectivity index (χ0n) is 11.2. The Hall–Kier alpha value is -2.35. The number of halogens is 2. The molecule has 4 nitrogen and oxygen atoms in total. The third-order valence-electron chi connectivity index (χ3n) is 3.48. The molecule has 0 fully saturated rings. The molecule has 2 aromatic carbocycles. The molecule has 0 spiro atoms. The summed E-state index contributed by atoms with van der Waals surface area (Å²) in [5.74, 6) is -0.0313. The van der Waals surface area contributed by atoms with Crippen LogP contribution in [-0.4, -0.2) is 5.11 Å². The van der Waals surface area contributed by atoms with Gasteiger partial charge in [0, 0.05) is 21.7 Å². The largest absolute Gasteiger partial charge is 0.508 e. The van der Waals surface area contributed by atoms with Gasteiger partial charge in [-0.05, 0) is 23.8 Å². The Morgan fingerprint density at radius 2 is 1.86 bits per heavy atom. The van der Waals surface area contributed by atoms with Gasteiger partial charge in [-0.1, -0.05) is 35.3 Å². The summed E-state index contributed by atoms with van der Waals surface area (Å²) in [5, 5.41) is 20.0. The Morgan fingerprint density at radius 1 is 1.14 bits per heavy atom. The monoisotopic (exact) mass is 332 g/mol. The van der Waals surface area contributed by atoms with E-state index in [1.54, 1.807) is 24.3 Å². The van der Waals surface area contributed by atoms with E-state index >= 15 is 0 Å². The second-order valence-electron chi connectivity index (χ2n) is 4.81. The smallest absolute Gasteiger partial charge is 0.205 e. The summed E-state index contributed by atoms with van der Waals surface area (Å²) in [6.45, 7) is 0. The van der Waals surface area contributed by atoms with Crippen molar-refractivity contribution in [3.8, 4) is 17.6 Å². The molecule has 22 heavy (non-hydrogen) atoms. The van der Waals surface area contributed by atoms with Crippen molar-refractivity contribution < 1.29 is 9.84 Å². The van der Waals surface area contributed by atoms with Crippen LogP contribution in [0.15, 0.2) is 47.9 Å². The van der Waals surface area contributed by atoms with Crippen molar-refractivity contribution in [2.75, 3.05) is 0 Å². The van der Waals surface area contributed by atoms with Crippen molar-refractivity contribution in [1.82, 2.24) is 0 Å². The van der Waals surface area contributed by atoms with Crippen molar-refractivity contribution >= 4 is 23.2 Å². The molecule has 1 aliphatic rings. The van der Waals surface area contributed by atoms with Crippen LogP contribution in [0.25, 0.3) is 0 Å². The number of rotatable bonds is 1. The topological polar surface area (TPSA) is 79.3 Å². The van der Waals surface area contributed by atoms with Gasteiger partial charge in [0.2, 0.25) is 5.88 Å². The fourth-order valence-electron chi connectivity index (χ4n) is 2.50. The number of hydrogen-bond acceptors (Lipinski definition) is 4. The van der Waals surface area contributed by atoms with Crippen molar-refractivity contribution in [2.24, 2.45) is 5.73 Å². The van der Waals surface area contributed by atoms with Crippen LogP contribution in [0.5, 0.6) is 11.5 Å². The van der Waals surface area contributed by atoms with Crippen LogP contribution in [0, 0.1) is 11.3 Å². The van der Waals surface area contributed by atoms with Crippen molar-refractivity contribution in [3.05, 3.63) is 69.0 Å². The standard InChI is InChI=1S/C16H10Cl2N2O2/c17-8-1-3-10(13(18)5-8)15-11-4-2-9(21)6-14(11)22-16(20)12(15)7-19/h1-6,15,21H,20H2/t15-/m0/s1. The summed E-state index contributed by atoms with van der Waals surface area (Å²) in [7, 11) is 0. The molecule has 0 saturated heterocycles. The summed E-state index contributed by atoms with van der Waals surface area (Å²) in [4.78, 5) is 0. The van der Waals surface area contributed by atoms with Crippen molar-refractivity contribution in [1.29, 1.82) is 5.26 Å². The van der Waals surface area contributed by atoms with Gasteiger partial charge >= 0.3 is 0 Å². The number of allylic oxidation sites excluding steroid dienone is 1. The Kier molecular flexibility index (Phi) is 3.61. The lowest BCUT2D eigenvalue weighted by Crippen LogP contribution is -2.21. The maximum absolute atomic E-state index is 9.60. The maximum atomic E-state index is 9.60. The fourth-order valence-corrected chi connectivity index (χ4v) is 3.02. The lowest BCUT2D eigenvalue weighted by atomic mass is 9.83. The number of nitriles is 1. The summed E-state index contributed by atoms with van der Waals surface area (Å²) in [5.41, 5.74) is 7.51. The molecule has 6 heteroatoms. The first-order valence-electron chi connectivity index (χ1n) is 6.36. The SMILES string of the molecule is N#CC1=C(N)Oc2cc(O)ccc2[C@@H]1c1ccc(Cl)cc1Cl. The summed E-state index contributed by atoms with van der Waals surface area (Å²) >= 11 is 12.2. The van der Waals surface area contributed by atoms with Crippen LogP contribution >= 0.6 is 23.2 Å². The third-order valence-corrected chi connectivity index (χ3v) is 4.04. The summed E-state index contributed by atoms with van der Waals surface area (Å²) < 4.78 is 5.44. The highest BCUT2D eigenvalue weighted by Crippen LogP contribution is 2.45. The summed E-state index contributed by atoms with van der Waals surface area (Å²) in [6, 6.07) is 11.8. The number of ether oxygens (including phenoxy) is 1. The highest BCUT2D eigenvalue weighted by Gasteiger charge is 2.32. The van der Waals surface area contributed by atoms with Crippen LogP contribution in [-0.2, 0) is 0 Å². The Bertz CT molecular complexity index is 841. The van der Waals surface area contributed by atoms with Gasteiger partial charge in [-0.15, -0.1) is 0 Å². The minimum Gasteiger partial charge on any atom is -0.508 e. The molecule has 3 rings (SSSR count). The minimum atomic E-state index is -0.473. The van der Waals surface area contributed by atoms with E-state index in [4.69, 9.17) is 33.7 Å². The van der Waals surface area contributed by atoms with E-state index in [0.717, 1.165) is 0 Å². The molecular weight excluding hydrogens is 323 g/mol. The first-order valence-corrected chi connectivity index (χ1v) is 7.12. The first kappa shape index (κ1) is 14.6. The summed E-state index contributed by atoms with van der Waals surface area (Å²) in [6.07, 6.45) is 0. The lowest BCUT2D eigenvalue weighted by Gasteiger charge is -2.27. The predicted molar refractivity (Wildman–Crippen MR) is 83.9 cm³/mol. The van der Waals surface area contributed by atoms with Gasteiger partial charge in [-0.3, -0.25) is 0 Å². The highest BCUT2D eigenvalue weighted by atomic mass is 35.5. The number of hydrogen-bond donors (Lipinski definition) is 2. The number of aromatic hydroxyl groups is 1. The van der Waals surface area contributed by atoms with Gasteiger partial charge in [-0.25, -0.2) is 0 Å². The van der Waals surface area contributed by atoms with Gasteiger partial charge in [0.15, 0.2) is 0 Å². The van der Waals surface area contributed by atoms with Crippen LogP contribution in [0.2, 0.25) is 10.0 Å². The zero-order valence-corrected chi connectivity index (χ0v) is 12.7. The molecule has 2 aromatic rings. The Labute approximate surface area is 136 Å². The van der Waals surface area contributed by atoms with E-state index in [0.29, 0.717) is 26.9 Å². The quantitative estimate of drug-likeness (QED) is 0.829. The predicted octanol–water partition coefficient (Wildman–Crippen LogP) is 3.92. The van der Waals surface area contributed by atoms with Crippen LogP contribution in [0.4, 0.5) is 0 Å². The van der Waals surface area contributed by atoms with Crippen LogP contribution < -0.4 is 10.5 Å². The number of phenolic OH excluding ortho intramolecular Hbond substituents is 1. The molecule has 1 atom stereocenters. The Morgan fingerprint density at radius 3 is 2.55 bits per heavy atom. The molecule has 0 aromatic heterocycles. The molecule has 0 amide bonds. The van der Waals surface area contributed by atoms with E-state index in [-0.39, 0.29) is 17.2 Å². The fraction of sp³-hybridized carbons (Fsp3) is 0.0625. The minimum absolute atomic E-state index is 0.00313. The maximum Gasteiger partial charge on any atom is 0.205 e. The number of benzene rings is 2. The van der Waals surface area contributed by atoms with Gasteiger partial charge in [0.25, 0.3) is 0 Å². The van der Waals surface area contributed by atoms with Crippen molar-refractivity contribution in [3.63, 3.8) is 0 Å².